The maximum Gasteiger partial charge on any atom is 0.315 e. The number of nitrogens with zero attached hydrogens (tertiary/aromatic N) is 1. The zero-order chi connectivity index (χ0) is 11.4. The normalized spacial score (nSPS) is 9.60. The summed E-state index contributed by atoms with van der Waals surface area (Å²) >= 11 is 1.46. The van der Waals surface area contributed by atoms with Crippen LogP contribution in [-0.2, 0) is 9.53 Å². The summed E-state index contributed by atoms with van der Waals surface area (Å²) in [6.07, 6.45) is 4.98. The predicted molar refractivity (Wildman–Crippen MR) is 62.7 cm³/mol. The first-order chi connectivity index (χ1) is 7.31. The number of hydrogen-bond donors (Lipinski definition) is 0. The minimum absolute atomic E-state index is 0.158. The van der Waals surface area contributed by atoms with E-state index in [1.807, 2.05) is 6.07 Å². The SMILES string of the molecule is CCCCCCOC(=O)CSCCC#N. The number of carbonyl (C=O) groups is 1. The number of ether oxygens (including phenoxy) is 1. The van der Waals surface area contributed by atoms with Gasteiger partial charge in [-0.15, -0.1) is 11.8 Å². The topological polar surface area (TPSA) is 50.1 Å². The number of esters is 1. The Balaban J connectivity index is 3.16. The van der Waals surface area contributed by atoms with Gasteiger partial charge in [0, 0.05) is 12.2 Å². The van der Waals surface area contributed by atoms with Crippen molar-refractivity contribution in [2.75, 3.05) is 18.1 Å². The largest absolute Gasteiger partial charge is 0.465 e. The Morgan fingerprint density at radius 2 is 2.20 bits per heavy atom. The van der Waals surface area contributed by atoms with Crippen molar-refractivity contribution in [1.82, 2.24) is 0 Å². The number of hydrogen-bond acceptors (Lipinski definition) is 4. The Morgan fingerprint density at radius 1 is 1.40 bits per heavy atom. The molecule has 3 nitrogen and oxygen atoms in total. The van der Waals surface area contributed by atoms with Gasteiger partial charge in [-0.25, -0.2) is 0 Å². The van der Waals surface area contributed by atoms with Gasteiger partial charge in [-0.05, 0) is 6.42 Å². The van der Waals surface area contributed by atoms with E-state index in [0.717, 1.165) is 12.8 Å². The zero-order valence-corrected chi connectivity index (χ0v) is 10.1. The second kappa shape index (κ2) is 11.4. The van der Waals surface area contributed by atoms with E-state index in [-0.39, 0.29) is 5.97 Å². The molecule has 0 aromatic heterocycles. The van der Waals surface area contributed by atoms with Crippen LogP contribution < -0.4 is 0 Å². The van der Waals surface area contributed by atoms with Crippen molar-refractivity contribution in [3.63, 3.8) is 0 Å². The van der Waals surface area contributed by atoms with Crippen LogP contribution >= 0.6 is 11.8 Å². The fourth-order valence-electron chi connectivity index (χ4n) is 1.03. The molecule has 0 saturated heterocycles. The van der Waals surface area contributed by atoms with Gasteiger partial charge < -0.3 is 4.74 Å². The van der Waals surface area contributed by atoms with Gasteiger partial charge in [-0.1, -0.05) is 26.2 Å². The van der Waals surface area contributed by atoms with Crippen molar-refractivity contribution in [2.24, 2.45) is 0 Å². The first-order valence-corrected chi connectivity index (χ1v) is 6.57. The molecule has 0 heterocycles. The quantitative estimate of drug-likeness (QED) is 0.450. The van der Waals surface area contributed by atoms with Crippen LogP contribution in [0.15, 0.2) is 0 Å². The molecule has 0 amide bonds. The lowest BCUT2D eigenvalue weighted by atomic mass is 10.2. The van der Waals surface area contributed by atoms with Crippen LogP contribution in [0, 0.1) is 11.3 Å². The van der Waals surface area contributed by atoms with Crippen LogP contribution in [0.3, 0.4) is 0 Å². The summed E-state index contributed by atoms with van der Waals surface area (Å²) in [6, 6.07) is 2.03. The van der Waals surface area contributed by atoms with Crippen molar-refractivity contribution in [1.29, 1.82) is 5.26 Å². The third kappa shape index (κ3) is 11.2. The molecule has 0 rings (SSSR count). The molecule has 0 atom stereocenters. The fraction of sp³-hybridized carbons (Fsp3) is 0.818. The number of unbranched alkanes of at least 4 members (excludes halogenated alkanes) is 3. The van der Waals surface area contributed by atoms with E-state index >= 15 is 0 Å². The molecule has 0 aliphatic carbocycles. The molecule has 0 unspecified atom stereocenters. The van der Waals surface area contributed by atoms with Gasteiger partial charge in [0.1, 0.15) is 0 Å². The molecular formula is C11H19NO2S. The van der Waals surface area contributed by atoms with Gasteiger partial charge in [0.2, 0.25) is 0 Å². The Bertz CT molecular complexity index is 201. The lowest BCUT2D eigenvalue weighted by Crippen LogP contribution is -2.08. The second-order valence-corrected chi connectivity index (χ2v) is 4.35. The summed E-state index contributed by atoms with van der Waals surface area (Å²) in [5.41, 5.74) is 0. The van der Waals surface area contributed by atoms with Crippen LogP contribution in [0.5, 0.6) is 0 Å². The maximum atomic E-state index is 11.1. The first kappa shape index (κ1) is 14.3. The summed E-state index contributed by atoms with van der Waals surface area (Å²) < 4.78 is 5.03. The van der Waals surface area contributed by atoms with E-state index in [0.29, 0.717) is 24.5 Å². The molecule has 86 valence electrons. The van der Waals surface area contributed by atoms with E-state index in [1.165, 1.54) is 24.6 Å². The minimum atomic E-state index is -0.158. The van der Waals surface area contributed by atoms with Gasteiger partial charge in [-0.2, -0.15) is 5.26 Å². The molecule has 0 aromatic carbocycles. The van der Waals surface area contributed by atoms with E-state index in [2.05, 4.69) is 6.92 Å². The standard InChI is InChI=1S/C11H19NO2S/c1-2-3-4-5-8-14-11(13)10-15-9-6-7-12/h2-6,8-10H2,1H3. The van der Waals surface area contributed by atoms with Crippen molar-refractivity contribution >= 4 is 17.7 Å². The Morgan fingerprint density at radius 3 is 2.87 bits per heavy atom. The number of rotatable bonds is 9. The van der Waals surface area contributed by atoms with Crippen LogP contribution in [0.2, 0.25) is 0 Å². The molecule has 15 heavy (non-hydrogen) atoms. The molecule has 0 saturated carbocycles. The lowest BCUT2D eigenvalue weighted by Gasteiger charge is -2.03. The van der Waals surface area contributed by atoms with Crippen molar-refractivity contribution in [3.8, 4) is 6.07 Å². The van der Waals surface area contributed by atoms with E-state index in [1.54, 1.807) is 0 Å². The molecule has 0 bridgehead atoms. The summed E-state index contributed by atoms with van der Waals surface area (Å²) in [7, 11) is 0. The summed E-state index contributed by atoms with van der Waals surface area (Å²) in [5.74, 6) is 0.922. The summed E-state index contributed by atoms with van der Waals surface area (Å²) in [4.78, 5) is 11.1. The molecule has 4 heteroatoms. The highest BCUT2D eigenvalue weighted by atomic mass is 32.2. The van der Waals surface area contributed by atoms with Crippen LogP contribution in [0.1, 0.15) is 39.0 Å². The Hall–Kier alpha value is -0.690. The van der Waals surface area contributed by atoms with Crippen LogP contribution in [0.4, 0.5) is 0 Å². The van der Waals surface area contributed by atoms with Crippen molar-refractivity contribution in [2.45, 2.75) is 39.0 Å². The average Bonchev–Trinajstić information content (AvgIpc) is 2.24. The highest BCUT2D eigenvalue weighted by Gasteiger charge is 2.01. The van der Waals surface area contributed by atoms with Crippen LogP contribution in [-0.4, -0.2) is 24.1 Å². The molecule has 0 aliphatic heterocycles. The third-order valence-corrected chi connectivity index (χ3v) is 2.77. The summed E-state index contributed by atoms with van der Waals surface area (Å²) in [6.45, 7) is 2.69. The van der Waals surface area contributed by atoms with Crippen molar-refractivity contribution < 1.29 is 9.53 Å². The number of nitriles is 1. The minimum Gasteiger partial charge on any atom is -0.465 e. The lowest BCUT2D eigenvalue weighted by molar-refractivity contribution is -0.140. The highest BCUT2D eigenvalue weighted by molar-refractivity contribution is 7.99. The summed E-state index contributed by atoms with van der Waals surface area (Å²) in [5, 5.41) is 8.28. The molecule has 0 radical (unpaired) electrons. The second-order valence-electron chi connectivity index (χ2n) is 3.24. The fourth-order valence-corrected chi connectivity index (χ4v) is 1.66. The number of carbonyl (C=O) groups excluding carboxylic acids is 1. The van der Waals surface area contributed by atoms with Gasteiger partial charge in [0.25, 0.3) is 0 Å². The van der Waals surface area contributed by atoms with Gasteiger partial charge in [0.15, 0.2) is 0 Å². The highest BCUT2D eigenvalue weighted by Crippen LogP contribution is 2.04. The molecule has 0 spiro atoms. The van der Waals surface area contributed by atoms with E-state index in [4.69, 9.17) is 10.00 Å². The Kier molecular flexibility index (Phi) is 10.9. The smallest absolute Gasteiger partial charge is 0.315 e. The average molecular weight is 229 g/mol. The number of thioether (sulfide) groups is 1. The monoisotopic (exact) mass is 229 g/mol. The van der Waals surface area contributed by atoms with Gasteiger partial charge in [0.05, 0.1) is 18.4 Å². The molecule has 0 N–H and O–H groups in total. The van der Waals surface area contributed by atoms with Crippen molar-refractivity contribution in [3.05, 3.63) is 0 Å². The van der Waals surface area contributed by atoms with Gasteiger partial charge >= 0.3 is 5.97 Å². The molecule has 0 aromatic rings. The molecule has 0 fully saturated rings. The first-order valence-electron chi connectivity index (χ1n) is 5.41. The third-order valence-electron chi connectivity index (χ3n) is 1.84. The maximum absolute atomic E-state index is 11.1. The Labute approximate surface area is 96.2 Å². The van der Waals surface area contributed by atoms with Gasteiger partial charge in [-0.3, -0.25) is 4.79 Å². The van der Waals surface area contributed by atoms with Crippen LogP contribution in [0.25, 0.3) is 0 Å². The molecule has 0 aliphatic rings. The molecular weight excluding hydrogens is 210 g/mol. The predicted octanol–water partition coefficient (Wildman–Crippen LogP) is 2.76. The van der Waals surface area contributed by atoms with E-state index in [9.17, 15) is 4.79 Å². The zero-order valence-electron chi connectivity index (χ0n) is 9.33. The van der Waals surface area contributed by atoms with E-state index < -0.39 is 0 Å².